The Morgan fingerprint density at radius 1 is 1.00 bits per heavy atom. The minimum Gasteiger partial charge on any atom is -0.360 e. The first-order valence-corrected chi connectivity index (χ1v) is 10.2. The lowest BCUT2D eigenvalue weighted by molar-refractivity contribution is -0.898. The number of carbonyl (C=O) groups is 1. The van der Waals surface area contributed by atoms with Crippen molar-refractivity contribution < 1.29 is 9.69 Å². The highest BCUT2D eigenvalue weighted by molar-refractivity contribution is 6.36. The maximum atomic E-state index is 12.8. The smallest absolute Gasteiger partial charge is 0.256 e. The van der Waals surface area contributed by atoms with Gasteiger partial charge in [-0.25, -0.2) is 0 Å². The number of likely N-dealkylation sites (N-methyl/N-ethyl adjacent to an activating group) is 1. The summed E-state index contributed by atoms with van der Waals surface area (Å²) in [5.74, 6) is -0.124. The van der Waals surface area contributed by atoms with Crippen molar-refractivity contribution in [2.75, 3.05) is 42.9 Å². The van der Waals surface area contributed by atoms with Crippen molar-refractivity contribution in [3.63, 3.8) is 0 Å². The van der Waals surface area contributed by atoms with Gasteiger partial charge in [-0.2, -0.15) is 0 Å². The molecule has 3 aromatic carbocycles. The average molecular weight is 395 g/mol. The van der Waals surface area contributed by atoms with Crippen LogP contribution in [0.3, 0.4) is 0 Å². The molecule has 0 unspecified atom stereocenters. The first-order valence-electron chi connectivity index (χ1n) is 9.83. The molecule has 0 atom stereocenters. The molecule has 1 aliphatic rings. The number of piperazine rings is 1. The zero-order valence-corrected chi connectivity index (χ0v) is 16.8. The Morgan fingerprint density at radius 3 is 2.39 bits per heavy atom. The van der Waals surface area contributed by atoms with Crippen LogP contribution in [0, 0.1) is 0 Å². The summed E-state index contributed by atoms with van der Waals surface area (Å²) in [5, 5.41) is 5.42. The predicted molar refractivity (Wildman–Crippen MR) is 117 cm³/mol. The number of hydrogen-bond acceptors (Lipinski definition) is 2. The molecule has 144 valence electrons. The molecule has 4 rings (SSSR count). The van der Waals surface area contributed by atoms with Crippen LogP contribution in [0.1, 0.15) is 17.3 Å². The molecule has 0 spiro atoms. The lowest BCUT2D eigenvalue weighted by Gasteiger charge is -2.33. The monoisotopic (exact) mass is 394 g/mol. The fourth-order valence-electron chi connectivity index (χ4n) is 3.86. The molecule has 1 fully saturated rings. The number of quaternary nitrogens is 1. The van der Waals surface area contributed by atoms with Crippen molar-refractivity contribution in [3.05, 3.63) is 71.2 Å². The summed E-state index contributed by atoms with van der Waals surface area (Å²) in [7, 11) is 0. The van der Waals surface area contributed by atoms with Gasteiger partial charge in [-0.05, 0) is 48.7 Å². The number of anilines is 2. The van der Waals surface area contributed by atoms with E-state index in [2.05, 4.69) is 29.3 Å². The Labute approximate surface area is 170 Å². The van der Waals surface area contributed by atoms with E-state index >= 15 is 0 Å². The molecule has 28 heavy (non-hydrogen) atoms. The summed E-state index contributed by atoms with van der Waals surface area (Å²) in [5.41, 5.74) is 2.64. The summed E-state index contributed by atoms with van der Waals surface area (Å²) in [6.07, 6.45) is 0. The first-order chi connectivity index (χ1) is 13.7. The quantitative estimate of drug-likeness (QED) is 0.711. The number of nitrogens with one attached hydrogen (secondary N) is 2. The SMILES string of the molecule is CC[NH+]1CCN(c2ccc(NC(=O)c3cccc4c(Cl)cccc34)cc2)CC1. The van der Waals surface area contributed by atoms with Crippen molar-refractivity contribution >= 4 is 39.7 Å². The number of nitrogens with zero attached hydrogens (tertiary/aromatic N) is 1. The van der Waals surface area contributed by atoms with Crippen LogP contribution in [-0.2, 0) is 0 Å². The number of halogens is 1. The lowest BCUT2D eigenvalue weighted by atomic mass is 10.0. The van der Waals surface area contributed by atoms with E-state index in [9.17, 15) is 4.79 Å². The van der Waals surface area contributed by atoms with Gasteiger partial charge in [-0.3, -0.25) is 4.79 Å². The van der Waals surface area contributed by atoms with E-state index in [4.69, 9.17) is 11.6 Å². The molecule has 0 bridgehead atoms. The maximum absolute atomic E-state index is 12.8. The van der Waals surface area contributed by atoms with Gasteiger partial charge < -0.3 is 15.1 Å². The van der Waals surface area contributed by atoms with Gasteiger partial charge in [0.2, 0.25) is 0 Å². The molecule has 1 amide bonds. The molecule has 1 aliphatic heterocycles. The van der Waals surface area contributed by atoms with E-state index in [-0.39, 0.29) is 5.91 Å². The molecule has 4 nitrogen and oxygen atoms in total. The molecule has 1 heterocycles. The number of hydrogen-bond donors (Lipinski definition) is 2. The predicted octanol–water partition coefficient (Wildman–Crippen LogP) is 3.47. The Morgan fingerprint density at radius 2 is 1.68 bits per heavy atom. The van der Waals surface area contributed by atoms with Gasteiger partial charge in [0.1, 0.15) is 0 Å². The molecular formula is C23H25ClN3O+. The van der Waals surface area contributed by atoms with E-state index < -0.39 is 0 Å². The van der Waals surface area contributed by atoms with Gasteiger partial charge in [-0.1, -0.05) is 35.9 Å². The first kappa shape index (κ1) is 18.8. The number of fused-ring (bicyclic) bond motifs is 1. The van der Waals surface area contributed by atoms with Crippen molar-refractivity contribution in [3.8, 4) is 0 Å². The summed E-state index contributed by atoms with van der Waals surface area (Å²) in [6, 6.07) is 19.4. The van der Waals surface area contributed by atoms with Gasteiger partial charge in [0.05, 0.1) is 32.7 Å². The second kappa shape index (κ2) is 8.21. The largest absolute Gasteiger partial charge is 0.360 e. The Bertz CT molecular complexity index is 979. The van der Waals surface area contributed by atoms with Crippen molar-refractivity contribution in [2.45, 2.75) is 6.92 Å². The summed E-state index contributed by atoms with van der Waals surface area (Å²) < 4.78 is 0. The van der Waals surface area contributed by atoms with Crippen LogP contribution in [0.5, 0.6) is 0 Å². The highest BCUT2D eigenvalue weighted by Crippen LogP contribution is 2.27. The summed E-state index contributed by atoms with van der Waals surface area (Å²) in [4.78, 5) is 16.9. The number of amides is 1. The summed E-state index contributed by atoms with van der Waals surface area (Å²) in [6.45, 7) is 7.94. The van der Waals surface area contributed by atoms with E-state index in [0.717, 1.165) is 29.5 Å². The van der Waals surface area contributed by atoms with E-state index in [0.29, 0.717) is 10.6 Å². The molecule has 2 N–H and O–H groups in total. The van der Waals surface area contributed by atoms with E-state index in [1.165, 1.54) is 25.3 Å². The third-order valence-corrected chi connectivity index (χ3v) is 5.90. The minimum atomic E-state index is -0.124. The minimum absolute atomic E-state index is 0.124. The fourth-order valence-corrected chi connectivity index (χ4v) is 4.10. The zero-order chi connectivity index (χ0) is 19.5. The van der Waals surface area contributed by atoms with Crippen molar-refractivity contribution in [2.24, 2.45) is 0 Å². The second-order valence-corrected chi connectivity index (χ2v) is 7.64. The highest BCUT2D eigenvalue weighted by atomic mass is 35.5. The Hall–Kier alpha value is -2.56. The molecule has 5 heteroatoms. The lowest BCUT2D eigenvalue weighted by Crippen LogP contribution is -3.14. The number of benzene rings is 3. The maximum Gasteiger partial charge on any atom is 0.256 e. The average Bonchev–Trinajstić information content (AvgIpc) is 2.74. The molecule has 0 aromatic heterocycles. The van der Waals surface area contributed by atoms with Crippen LogP contribution >= 0.6 is 11.6 Å². The third kappa shape index (κ3) is 3.84. The highest BCUT2D eigenvalue weighted by Gasteiger charge is 2.18. The topological polar surface area (TPSA) is 36.8 Å². The fraction of sp³-hybridized carbons (Fsp3) is 0.261. The van der Waals surface area contributed by atoms with Crippen molar-refractivity contribution in [1.29, 1.82) is 0 Å². The van der Waals surface area contributed by atoms with E-state index in [1.54, 1.807) is 4.90 Å². The molecule has 3 aromatic rings. The zero-order valence-electron chi connectivity index (χ0n) is 16.0. The van der Waals surface area contributed by atoms with Crippen LogP contribution in [-0.4, -0.2) is 38.6 Å². The Balaban J connectivity index is 1.48. The molecule has 0 radical (unpaired) electrons. The van der Waals surface area contributed by atoms with Crippen LogP contribution in [0.15, 0.2) is 60.7 Å². The van der Waals surface area contributed by atoms with Crippen LogP contribution in [0.2, 0.25) is 5.02 Å². The van der Waals surface area contributed by atoms with Gasteiger partial charge in [0.15, 0.2) is 0 Å². The standard InChI is InChI=1S/C23H24ClN3O/c1-2-26-13-15-27(16-14-26)18-11-9-17(10-12-18)25-23(28)21-7-3-6-20-19(21)5-4-8-22(20)24/h3-12H,2,13-16H2,1H3,(H,25,28)/p+1. The molecule has 0 aliphatic carbocycles. The van der Waals surface area contributed by atoms with Gasteiger partial charge >= 0.3 is 0 Å². The van der Waals surface area contributed by atoms with Gasteiger partial charge in [0.25, 0.3) is 5.91 Å². The number of rotatable bonds is 4. The van der Waals surface area contributed by atoms with Gasteiger partial charge in [0, 0.05) is 27.3 Å². The van der Waals surface area contributed by atoms with Gasteiger partial charge in [-0.15, -0.1) is 0 Å². The molecule has 1 saturated heterocycles. The summed E-state index contributed by atoms with van der Waals surface area (Å²) >= 11 is 6.27. The Kier molecular flexibility index (Phi) is 5.51. The normalized spacial score (nSPS) is 15.0. The van der Waals surface area contributed by atoms with Crippen LogP contribution in [0.4, 0.5) is 11.4 Å². The molecular weight excluding hydrogens is 370 g/mol. The van der Waals surface area contributed by atoms with E-state index in [1.807, 2.05) is 48.5 Å². The van der Waals surface area contributed by atoms with Crippen molar-refractivity contribution in [1.82, 2.24) is 0 Å². The van der Waals surface area contributed by atoms with Crippen LogP contribution in [0.25, 0.3) is 10.8 Å². The molecule has 0 saturated carbocycles. The van der Waals surface area contributed by atoms with Crippen LogP contribution < -0.4 is 15.1 Å². The second-order valence-electron chi connectivity index (χ2n) is 7.23. The number of carbonyl (C=O) groups excluding carboxylic acids is 1. The third-order valence-electron chi connectivity index (χ3n) is 5.57.